The van der Waals surface area contributed by atoms with Crippen molar-refractivity contribution >= 4 is 5.69 Å². The summed E-state index contributed by atoms with van der Waals surface area (Å²) in [6.45, 7) is 0. The smallest absolute Gasteiger partial charge is 0.314 e. The Balaban J connectivity index is 2.02. The third-order valence-electron chi connectivity index (χ3n) is 3.90. The van der Waals surface area contributed by atoms with Crippen LogP contribution in [0, 0.1) is 10.1 Å². The van der Waals surface area contributed by atoms with E-state index in [1.807, 2.05) is 0 Å². The summed E-state index contributed by atoms with van der Waals surface area (Å²) in [7, 11) is 0. The number of nitrogens with zero attached hydrogens (tertiary/aromatic N) is 4. The molecule has 7 nitrogen and oxygen atoms in total. The first kappa shape index (κ1) is 13.7. The molecule has 0 saturated heterocycles. The summed E-state index contributed by atoms with van der Waals surface area (Å²) in [6, 6.07) is 3.20. The van der Waals surface area contributed by atoms with Crippen LogP contribution in [0.2, 0.25) is 0 Å². The van der Waals surface area contributed by atoms with Crippen LogP contribution in [-0.4, -0.2) is 30.9 Å². The van der Waals surface area contributed by atoms with Gasteiger partial charge in [-0.15, -0.1) is 0 Å². The summed E-state index contributed by atoms with van der Waals surface area (Å²) in [5.74, 6) is 0. The Morgan fingerprint density at radius 1 is 1.29 bits per heavy atom. The third-order valence-corrected chi connectivity index (χ3v) is 3.90. The van der Waals surface area contributed by atoms with Gasteiger partial charge in [-0.1, -0.05) is 12.8 Å². The number of aliphatic hydroxyl groups excluding tert-OH is 1. The van der Waals surface area contributed by atoms with Crippen molar-refractivity contribution in [3.8, 4) is 11.3 Å². The van der Waals surface area contributed by atoms with E-state index < -0.39 is 11.0 Å². The molecular formula is C14H16N4O3. The van der Waals surface area contributed by atoms with E-state index in [0.29, 0.717) is 17.7 Å². The highest BCUT2D eigenvalue weighted by Gasteiger charge is 2.29. The Morgan fingerprint density at radius 3 is 2.67 bits per heavy atom. The summed E-state index contributed by atoms with van der Waals surface area (Å²) in [5, 5.41) is 25.7. The number of nitro groups is 1. The van der Waals surface area contributed by atoms with Gasteiger partial charge in [0.2, 0.25) is 0 Å². The van der Waals surface area contributed by atoms with Crippen molar-refractivity contribution in [3.05, 3.63) is 40.8 Å². The van der Waals surface area contributed by atoms with Gasteiger partial charge in [0.1, 0.15) is 6.20 Å². The van der Waals surface area contributed by atoms with Gasteiger partial charge < -0.3 is 5.11 Å². The first-order chi connectivity index (χ1) is 10.2. The molecule has 1 aliphatic rings. The molecule has 7 heteroatoms. The van der Waals surface area contributed by atoms with Gasteiger partial charge >= 0.3 is 5.69 Å². The van der Waals surface area contributed by atoms with Crippen molar-refractivity contribution in [2.75, 3.05) is 0 Å². The van der Waals surface area contributed by atoms with E-state index in [0.717, 1.165) is 19.3 Å². The third kappa shape index (κ3) is 2.64. The van der Waals surface area contributed by atoms with Crippen LogP contribution in [0.5, 0.6) is 0 Å². The van der Waals surface area contributed by atoms with Gasteiger partial charge in [-0.25, -0.2) is 0 Å². The summed E-state index contributed by atoms with van der Waals surface area (Å²) < 4.78 is 1.55. The van der Waals surface area contributed by atoms with Crippen molar-refractivity contribution in [1.29, 1.82) is 0 Å². The predicted octanol–water partition coefficient (Wildman–Crippen LogP) is 2.33. The summed E-state index contributed by atoms with van der Waals surface area (Å²) in [4.78, 5) is 14.7. The quantitative estimate of drug-likeness (QED) is 0.691. The topological polar surface area (TPSA) is 94.1 Å². The molecule has 1 saturated carbocycles. The molecule has 2 aromatic heterocycles. The first-order valence-corrected chi connectivity index (χ1v) is 6.99. The molecule has 1 fully saturated rings. The maximum absolute atomic E-state index is 11.2. The standard InChI is InChI=1S/C14H16N4O3/c19-13-4-2-1-3-11(13)17-9-12(18(20)21)14(16-17)10-5-7-15-8-6-10/h5-9,11,13,19H,1-4H2/t11-,13-/m1/s1. The molecule has 2 atom stereocenters. The highest BCUT2D eigenvalue weighted by Crippen LogP contribution is 2.33. The lowest BCUT2D eigenvalue weighted by Crippen LogP contribution is -2.27. The number of pyridine rings is 1. The molecular weight excluding hydrogens is 272 g/mol. The summed E-state index contributed by atoms with van der Waals surface area (Å²) in [5.41, 5.74) is 0.930. The SMILES string of the molecule is O=[N+]([O-])c1cn([C@@H]2CCCC[C@H]2O)nc1-c1ccncc1. The molecule has 3 rings (SSSR count). The minimum atomic E-state index is -0.497. The van der Waals surface area contributed by atoms with Gasteiger partial charge in [0, 0.05) is 18.0 Å². The molecule has 110 valence electrons. The minimum Gasteiger partial charge on any atom is -0.391 e. The Bertz CT molecular complexity index is 641. The highest BCUT2D eigenvalue weighted by atomic mass is 16.6. The average Bonchev–Trinajstić information content (AvgIpc) is 2.94. The lowest BCUT2D eigenvalue weighted by atomic mass is 9.93. The van der Waals surface area contributed by atoms with Crippen LogP contribution in [0.25, 0.3) is 11.3 Å². The van der Waals surface area contributed by atoms with Crippen molar-refractivity contribution in [3.63, 3.8) is 0 Å². The highest BCUT2D eigenvalue weighted by molar-refractivity contribution is 5.68. The Labute approximate surface area is 121 Å². The van der Waals surface area contributed by atoms with Crippen LogP contribution >= 0.6 is 0 Å². The van der Waals surface area contributed by atoms with Crippen molar-refractivity contribution in [1.82, 2.24) is 14.8 Å². The fourth-order valence-corrected chi connectivity index (χ4v) is 2.80. The van der Waals surface area contributed by atoms with Crippen LogP contribution in [0.15, 0.2) is 30.7 Å². The minimum absolute atomic E-state index is 0.0426. The van der Waals surface area contributed by atoms with Crippen LogP contribution in [-0.2, 0) is 0 Å². The van der Waals surface area contributed by atoms with Crippen LogP contribution in [0.4, 0.5) is 5.69 Å². The fourth-order valence-electron chi connectivity index (χ4n) is 2.80. The second-order valence-corrected chi connectivity index (χ2v) is 5.26. The van der Waals surface area contributed by atoms with E-state index in [9.17, 15) is 15.2 Å². The van der Waals surface area contributed by atoms with Gasteiger partial charge in [-0.05, 0) is 25.0 Å². The average molecular weight is 288 g/mol. The van der Waals surface area contributed by atoms with Crippen LogP contribution in [0.3, 0.4) is 0 Å². The molecule has 2 heterocycles. The lowest BCUT2D eigenvalue weighted by Gasteiger charge is -2.27. The molecule has 0 radical (unpaired) electrons. The van der Waals surface area contributed by atoms with Crippen LogP contribution < -0.4 is 0 Å². The molecule has 1 aliphatic carbocycles. The van der Waals surface area contributed by atoms with E-state index in [4.69, 9.17) is 0 Å². The molecule has 0 spiro atoms. The Morgan fingerprint density at radius 2 is 2.00 bits per heavy atom. The number of aromatic nitrogens is 3. The van der Waals surface area contributed by atoms with Crippen molar-refractivity contribution < 1.29 is 10.0 Å². The van der Waals surface area contributed by atoms with Gasteiger partial charge in [0.15, 0.2) is 5.69 Å². The number of hydrogen-bond acceptors (Lipinski definition) is 5. The predicted molar refractivity (Wildman–Crippen MR) is 75.6 cm³/mol. The Kier molecular flexibility index (Phi) is 3.66. The first-order valence-electron chi connectivity index (χ1n) is 6.99. The van der Waals surface area contributed by atoms with Gasteiger partial charge in [0.25, 0.3) is 0 Å². The van der Waals surface area contributed by atoms with E-state index in [1.165, 1.54) is 6.20 Å². The molecule has 0 unspecified atom stereocenters. The fraction of sp³-hybridized carbons (Fsp3) is 0.429. The van der Waals surface area contributed by atoms with Crippen LogP contribution in [0.1, 0.15) is 31.7 Å². The largest absolute Gasteiger partial charge is 0.391 e. The normalized spacial score (nSPS) is 22.1. The Hall–Kier alpha value is -2.28. The number of hydrogen-bond donors (Lipinski definition) is 1. The summed E-state index contributed by atoms with van der Waals surface area (Å²) in [6.07, 6.45) is 7.57. The summed E-state index contributed by atoms with van der Waals surface area (Å²) >= 11 is 0. The number of rotatable bonds is 3. The molecule has 1 N–H and O–H groups in total. The molecule has 0 aliphatic heterocycles. The van der Waals surface area contributed by atoms with Crippen molar-refractivity contribution in [2.45, 2.75) is 37.8 Å². The zero-order valence-corrected chi connectivity index (χ0v) is 11.4. The van der Waals surface area contributed by atoms with Gasteiger partial charge in [-0.3, -0.25) is 19.8 Å². The maximum Gasteiger partial charge on any atom is 0.314 e. The molecule has 0 bridgehead atoms. The van der Waals surface area contributed by atoms with Gasteiger partial charge in [0.05, 0.1) is 17.1 Å². The lowest BCUT2D eigenvalue weighted by molar-refractivity contribution is -0.384. The molecule has 21 heavy (non-hydrogen) atoms. The second kappa shape index (κ2) is 5.61. The van der Waals surface area contributed by atoms with Gasteiger partial charge in [-0.2, -0.15) is 5.10 Å². The zero-order valence-electron chi connectivity index (χ0n) is 11.4. The maximum atomic E-state index is 11.2. The zero-order chi connectivity index (χ0) is 14.8. The van der Waals surface area contributed by atoms with Crippen molar-refractivity contribution in [2.24, 2.45) is 0 Å². The number of aliphatic hydroxyl groups is 1. The monoisotopic (exact) mass is 288 g/mol. The van der Waals surface area contributed by atoms with E-state index in [-0.39, 0.29) is 11.7 Å². The van der Waals surface area contributed by atoms with E-state index in [1.54, 1.807) is 29.2 Å². The molecule has 2 aromatic rings. The van der Waals surface area contributed by atoms with E-state index in [2.05, 4.69) is 10.1 Å². The second-order valence-electron chi connectivity index (χ2n) is 5.26. The molecule has 0 aromatic carbocycles. The van der Waals surface area contributed by atoms with E-state index >= 15 is 0 Å². The molecule has 0 amide bonds.